The lowest BCUT2D eigenvalue weighted by Gasteiger charge is -2.34. The summed E-state index contributed by atoms with van der Waals surface area (Å²) in [5.41, 5.74) is 2.11. The van der Waals surface area contributed by atoms with Crippen LogP contribution in [0.5, 0.6) is 0 Å². The Bertz CT molecular complexity index is 833. The van der Waals surface area contributed by atoms with Crippen LogP contribution >= 0.6 is 0 Å². The van der Waals surface area contributed by atoms with Crippen LogP contribution in [-0.2, 0) is 4.74 Å². The van der Waals surface area contributed by atoms with E-state index in [0.717, 1.165) is 11.1 Å². The van der Waals surface area contributed by atoms with Gasteiger partial charge in [0.25, 0.3) is 5.91 Å². The number of aromatic amines is 1. The number of amides is 2. The molecule has 2 amide bonds. The predicted octanol–water partition coefficient (Wildman–Crippen LogP) is 1.96. The van der Waals surface area contributed by atoms with Crippen molar-refractivity contribution in [1.29, 1.82) is 0 Å². The minimum absolute atomic E-state index is 0.0696. The third-order valence-corrected chi connectivity index (χ3v) is 4.32. The zero-order chi connectivity index (χ0) is 18.5. The SMILES string of the molecule is CCOC(=O)N1CCN(C(=O)c2cccc(-c3ccc(=O)[nH]c3)c2)CC1. The van der Waals surface area contributed by atoms with E-state index in [1.807, 2.05) is 18.2 Å². The van der Waals surface area contributed by atoms with Crippen LogP contribution in [0.25, 0.3) is 11.1 Å². The maximum absolute atomic E-state index is 12.8. The van der Waals surface area contributed by atoms with E-state index in [4.69, 9.17) is 4.74 Å². The van der Waals surface area contributed by atoms with E-state index in [-0.39, 0.29) is 17.6 Å². The Morgan fingerprint density at radius 3 is 2.42 bits per heavy atom. The molecule has 0 bridgehead atoms. The third kappa shape index (κ3) is 3.93. The molecule has 0 saturated carbocycles. The number of hydrogen-bond donors (Lipinski definition) is 1. The number of nitrogens with one attached hydrogen (secondary N) is 1. The molecule has 26 heavy (non-hydrogen) atoms. The second-order valence-electron chi connectivity index (χ2n) is 6.00. The maximum atomic E-state index is 12.8. The van der Waals surface area contributed by atoms with Crippen molar-refractivity contribution in [3.05, 3.63) is 58.5 Å². The molecule has 7 heteroatoms. The van der Waals surface area contributed by atoms with Gasteiger partial charge >= 0.3 is 6.09 Å². The molecule has 0 spiro atoms. The van der Waals surface area contributed by atoms with Gasteiger partial charge in [-0.05, 0) is 36.2 Å². The lowest BCUT2D eigenvalue weighted by Crippen LogP contribution is -2.50. The van der Waals surface area contributed by atoms with E-state index in [9.17, 15) is 14.4 Å². The highest BCUT2D eigenvalue weighted by molar-refractivity contribution is 5.95. The van der Waals surface area contributed by atoms with Crippen molar-refractivity contribution in [2.45, 2.75) is 6.92 Å². The number of rotatable bonds is 3. The van der Waals surface area contributed by atoms with Crippen LogP contribution in [0, 0.1) is 0 Å². The Labute approximate surface area is 151 Å². The van der Waals surface area contributed by atoms with Gasteiger partial charge in [0, 0.05) is 44.0 Å². The number of piperazine rings is 1. The van der Waals surface area contributed by atoms with Gasteiger partial charge in [-0.25, -0.2) is 4.79 Å². The first-order valence-electron chi connectivity index (χ1n) is 8.58. The highest BCUT2D eigenvalue weighted by Gasteiger charge is 2.25. The number of carbonyl (C=O) groups is 2. The van der Waals surface area contributed by atoms with Gasteiger partial charge in [0.15, 0.2) is 0 Å². The third-order valence-electron chi connectivity index (χ3n) is 4.32. The number of ether oxygens (including phenoxy) is 1. The largest absolute Gasteiger partial charge is 0.450 e. The van der Waals surface area contributed by atoms with Crippen molar-refractivity contribution in [1.82, 2.24) is 14.8 Å². The number of benzene rings is 1. The van der Waals surface area contributed by atoms with Crippen LogP contribution in [-0.4, -0.2) is 59.6 Å². The molecule has 2 heterocycles. The van der Waals surface area contributed by atoms with Gasteiger partial charge in [0.2, 0.25) is 5.56 Å². The molecule has 1 N–H and O–H groups in total. The Balaban J connectivity index is 1.69. The summed E-state index contributed by atoms with van der Waals surface area (Å²) < 4.78 is 4.99. The zero-order valence-electron chi connectivity index (χ0n) is 14.6. The van der Waals surface area contributed by atoms with Gasteiger partial charge in [0.1, 0.15) is 0 Å². The van der Waals surface area contributed by atoms with Crippen molar-refractivity contribution >= 4 is 12.0 Å². The minimum atomic E-state index is -0.334. The molecule has 1 aromatic heterocycles. The molecular weight excluding hydrogens is 334 g/mol. The first kappa shape index (κ1) is 17.7. The molecule has 1 fully saturated rings. The van der Waals surface area contributed by atoms with E-state index in [1.54, 1.807) is 35.1 Å². The summed E-state index contributed by atoms with van der Waals surface area (Å²) in [6.45, 7) is 3.98. The molecule has 136 valence electrons. The normalized spacial score (nSPS) is 14.2. The molecule has 1 aliphatic rings. The van der Waals surface area contributed by atoms with E-state index < -0.39 is 0 Å². The molecule has 3 rings (SSSR count). The second kappa shape index (κ2) is 7.86. The molecule has 2 aromatic rings. The fourth-order valence-corrected chi connectivity index (χ4v) is 2.91. The van der Waals surface area contributed by atoms with Gasteiger partial charge in [-0.15, -0.1) is 0 Å². The van der Waals surface area contributed by atoms with Crippen LogP contribution in [0.4, 0.5) is 4.79 Å². The van der Waals surface area contributed by atoms with Crippen molar-refractivity contribution in [3.8, 4) is 11.1 Å². The number of hydrogen-bond acceptors (Lipinski definition) is 4. The van der Waals surface area contributed by atoms with Gasteiger partial charge in [0.05, 0.1) is 6.61 Å². The first-order valence-corrected chi connectivity index (χ1v) is 8.58. The fourth-order valence-electron chi connectivity index (χ4n) is 2.91. The standard InChI is InChI=1S/C19H21N3O4/c1-2-26-19(25)22-10-8-21(9-11-22)18(24)15-5-3-4-14(12-15)16-6-7-17(23)20-13-16/h3-7,12-13H,2,8-11H2,1H3,(H,20,23). The summed E-state index contributed by atoms with van der Waals surface area (Å²) >= 11 is 0. The average molecular weight is 355 g/mol. The highest BCUT2D eigenvalue weighted by atomic mass is 16.6. The van der Waals surface area contributed by atoms with Crippen molar-refractivity contribution in [2.24, 2.45) is 0 Å². The monoisotopic (exact) mass is 355 g/mol. The summed E-state index contributed by atoms with van der Waals surface area (Å²) in [5, 5.41) is 0. The number of carbonyl (C=O) groups excluding carboxylic acids is 2. The van der Waals surface area contributed by atoms with Crippen LogP contribution in [0.2, 0.25) is 0 Å². The zero-order valence-corrected chi connectivity index (χ0v) is 14.6. The summed E-state index contributed by atoms with van der Waals surface area (Å²) in [6.07, 6.45) is 1.30. The van der Waals surface area contributed by atoms with Crippen LogP contribution < -0.4 is 5.56 Å². The Morgan fingerprint density at radius 1 is 1.04 bits per heavy atom. The highest BCUT2D eigenvalue weighted by Crippen LogP contribution is 2.20. The van der Waals surface area contributed by atoms with Gasteiger partial charge in [-0.3, -0.25) is 9.59 Å². The smallest absolute Gasteiger partial charge is 0.409 e. The van der Waals surface area contributed by atoms with E-state index in [2.05, 4.69) is 4.98 Å². The number of aromatic nitrogens is 1. The van der Waals surface area contributed by atoms with Crippen LogP contribution in [0.15, 0.2) is 47.4 Å². The summed E-state index contributed by atoms with van der Waals surface area (Å²) in [6, 6.07) is 10.5. The lowest BCUT2D eigenvalue weighted by molar-refractivity contribution is 0.0570. The minimum Gasteiger partial charge on any atom is -0.450 e. The van der Waals surface area contributed by atoms with E-state index in [1.165, 1.54) is 6.07 Å². The van der Waals surface area contributed by atoms with Crippen molar-refractivity contribution in [3.63, 3.8) is 0 Å². The number of nitrogens with zero attached hydrogens (tertiary/aromatic N) is 2. The Morgan fingerprint density at radius 2 is 1.77 bits per heavy atom. The van der Waals surface area contributed by atoms with E-state index in [0.29, 0.717) is 38.3 Å². The lowest BCUT2D eigenvalue weighted by atomic mass is 10.0. The topological polar surface area (TPSA) is 82.7 Å². The predicted molar refractivity (Wildman–Crippen MR) is 97.0 cm³/mol. The summed E-state index contributed by atoms with van der Waals surface area (Å²) in [4.78, 5) is 41.7. The molecule has 1 aliphatic heterocycles. The molecular formula is C19H21N3O4. The molecule has 0 atom stereocenters. The Hall–Kier alpha value is -3.09. The summed E-state index contributed by atoms with van der Waals surface area (Å²) in [5.74, 6) is -0.0696. The first-order chi connectivity index (χ1) is 12.6. The summed E-state index contributed by atoms with van der Waals surface area (Å²) in [7, 11) is 0. The van der Waals surface area contributed by atoms with Crippen LogP contribution in [0.3, 0.4) is 0 Å². The van der Waals surface area contributed by atoms with Crippen molar-refractivity contribution < 1.29 is 14.3 Å². The maximum Gasteiger partial charge on any atom is 0.409 e. The quantitative estimate of drug-likeness (QED) is 0.912. The number of pyridine rings is 1. The Kier molecular flexibility index (Phi) is 5.36. The molecule has 0 unspecified atom stereocenters. The average Bonchev–Trinajstić information content (AvgIpc) is 2.68. The van der Waals surface area contributed by atoms with Gasteiger partial charge < -0.3 is 19.5 Å². The van der Waals surface area contributed by atoms with E-state index >= 15 is 0 Å². The molecule has 1 aromatic carbocycles. The number of H-pyrrole nitrogens is 1. The molecule has 0 aliphatic carbocycles. The molecule has 0 radical (unpaired) electrons. The van der Waals surface area contributed by atoms with Gasteiger partial charge in [-0.1, -0.05) is 12.1 Å². The second-order valence-corrected chi connectivity index (χ2v) is 6.00. The fraction of sp³-hybridized carbons (Fsp3) is 0.316. The van der Waals surface area contributed by atoms with Gasteiger partial charge in [-0.2, -0.15) is 0 Å². The molecule has 1 saturated heterocycles. The molecule has 7 nitrogen and oxygen atoms in total. The van der Waals surface area contributed by atoms with Crippen LogP contribution in [0.1, 0.15) is 17.3 Å². The van der Waals surface area contributed by atoms with Crippen molar-refractivity contribution in [2.75, 3.05) is 32.8 Å².